The SMILES string of the molecule is C=Cc1ccc(N(c2ccc(COCc3ccc(N(c4ccc(C=C)cc4)c4ccc(-c5ccccc5)cc4)cc3)cc2)c2ccc(-c3ccccc3)cc2)cc1. The first-order valence-corrected chi connectivity index (χ1v) is 19.3. The van der Waals surface area contributed by atoms with Gasteiger partial charge in [-0.25, -0.2) is 0 Å². The van der Waals surface area contributed by atoms with Gasteiger partial charge >= 0.3 is 0 Å². The monoisotopic (exact) mass is 736 g/mol. The van der Waals surface area contributed by atoms with Crippen molar-refractivity contribution >= 4 is 46.3 Å². The maximum atomic E-state index is 6.26. The summed E-state index contributed by atoms with van der Waals surface area (Å²) in [5.41, 5.74) is 15.7. The predicted molar refractivity (Wildman–Crippen MR) is 242 cm³/mol. The second kappa shape index (κ2) is 17.5. The third-order valence-corrected chi connectivity index (χ3v) is 10.2. The van der Waals surface area contributed by atoms with Crippen LogP contribution in [0.15, 0.2) is 219 Å². The Balaban J connectivity index is 0.961. The molecule has 0 bridgehead atoms. The molecule has 0 atom stereocenters. The number of nitrogens with zero attached hydrogens (tertiary/aromatic N) is 2. The van der Waals surface area contributed by atoms with Gasteiger partial charge in [0.15, 0.2) is 0 Å². The van der Waals surface area contributed by atoms with Crippen molar-refractivity contribution in [2.45, 2.75) is 13.2 Å². The van der Waals surface area contributed by atoms with Gasteiger partial charge in [0.05, 0.1) is 13.2 Å². The minimum absolute atomic E-state index is 0.511. The molecule has 0 aliphatic carbocycles. The van der Waals surface area contributed by atoms with Gasteiger partial charge in [0.25, 0.3) is 0 Å². The van der Waals surface area contributed by atoms with Crippen LogP contribution < -0.4 is 9.80 Å². The molecule has 0 aliphatic heterocycles. The van der Waals surface area contributed by atoms with E-state index in [4.69, 9.17) is 4.74 Å². The van der Waals surface area contributed by atoms with E-state index in [-0.39, 0.29) is 0 Å². The number of ether oxygens (including phenoxy) is 1. The van der Waals surface area contributed by atoms with Crippen LogP contribution in [0, 0.1) is 0 Å². The smallest absolute Gasteiger partial charge is 0.0721 e. The molecule has 3 heteroatoms. The van der Waals surface area contributed by atoms with Crippen molar-refractivity contribution in [2.24, 2.45) is 0 Å². The molecule has 0 aliphatic rings. The summed E-state index contributed by atoms with van der Waals surface area (Å²) in [5, 5.41) is 0. The van der Waals surface area contributed by atoms with Gasteiger partial charge in [-0.2, -0.15) is 0 Å². The molecule has 8 rings (SSSR count). The van der Waals surface area contributed by atoms with Gasteiger partial charge in [-0.05, 0) is 117 Å². The lowest BCUT2D eigenvalue weighted by atomic mass is 10.0. The molecule has 0 N–H and O–H groups in total. The number of rotatable bonds is 14. The molecule has 0 heterocycles. The summed E-state index contributed by atoms with van der Waals surface area (Å²) in [6.07, 6.45) is 3.74. The van der Waals surface area contributed by atoms with Crippen molar-refractivity contribution < 1.29 is 4.74 Å². The number of benzene rings is 8. The molecule has 0 saturated heterocycles. The zero-order valence-corrected chi connectivity index (χ0v) is 31.9. The van der Waals surface area contributed by atoms with Gasteiger partial charge in [0, 0.05) is 34.1 Å². The standard InChI is InChI=1S/C54H44N2O/c1-3-41-15-27-49(28-16-41)55(53-35-23-47(24-36-53)45-11-7-5-8-12-45)51-31-19-43(20-32-51)39-57-40-44-21-33-52(34-22-44)56(50-29-17-42(4-2)18-30-50)54-37-25-48(26-38-54)46-13-9-6-10-14-46/h3-38H,1-2,39-40H2. The third-order valence-electron chi connectivity index (χ3n) is 10.2. The summed E-state index contributed by atoms with van der Waals surface area (Å²) in [4.78, 5) is 4.56. The zero-order valence-electron chi connectivity index (χ0n) is 31.9. The van der Waals surface area contributed by atoms with Crippen LogP contribution in [0.5, 0.6) is 0 Å². The molecule has 0 saturated carbocycles. The van der Waals surface area contributed by atoms with E-state index in [0.717, 1.165) is 56.4 Å². The Morgan fingerprint density at radius 2 is 0.579 bits per heavy atom. The van der Waals surface area contributed by atoms with E-state index < -0.39 is 0 Å². The maximum Gasteiger partial charge on any atom is 0.0721 e. The Labute approximate surface area is 336 Å². The van der Waals surface area contributed by atoms with E-state index in [0.29, 0.717) is 13.2 Å². The van der Waals surface area contributed by atoms with Crippen LogP contribution in [0.1, 0.15) is 22.3 Å². The maximum absolute atomic E-state index is 6.26. The lowest BCUT2D eigenvalue weighted by Gasteiger charge is -2.26. The predicted octanol–water partition coefficient (Wildman–Crippen LogP) is 15.0. The summed E-state index contributed by atoms with van der Waals surface area (Å²) in [6, 6.07) is 72.7. The first-order valence-electron chi connectivity index (χ1n) is 19.3. The van der Waals surface area contributed by atoms with Gasteiger partial charge in [-0.1, -0.05) is 159 Å². The van der Waals surface area contributed by atoms with Gasteiger partial charge in [0.1, 0.15) is 0 Å². The van der Waals surface area contributed by atoms with E-state index >= 15 is 0 Å². The van der Waals surface area contributed by atoms with Gasteiger partial charge < -0.3 is 14.5 Å². The van der Waals surface area contributed by atoms with Crippen LogP contribution in [0.3, 0.4) is 0 Å². The average Bonchev–Trinajstić information content (AvgIpc) is 3.29. The fraction of sp³-hybridized carbons (Fsp3) is 0.0370. The molecule has 0 fully saturated rings. The Morgan fingerprint density at radius 1 is 0.316 bits per heavy atom. The molecule has 0 unspecified atom stereocenters. The first kappa shape index (κ1) is 36.8. The molecule has 0 spiro atoms. The minimum Gasteiger partial charge on any atom is -0.372 e. The van der Waals surface area contributed by atoms with Crippen LogP contribution in [-0.2, 0) is 18.0 Å². The van der Waals surface area contributed by atoms with Crippen LogP contribution in [-0.4, -0.2) is 0 Å². The Kier molecular flexibility index (Phi) is 11.3. The molecule has 8 aromatic carbocycles. The molecule has 8 aromatic rings. The quantitative estimate of drug-likeness (QED) is 0.111. The Hall–Kier alpha value is -7.20. The second-order valence-electron chi connectivity index (χ2n) is 13.9. The highest BCUT2D eigenvalue weighted by Gasteiger charge is 2.15. The largest absolute Gasteiger partial charge is 0.372 e. The number of anilines is 6. The van der Waals surface area contributed by atoms with Crippen LogP contribution in [0.4, 0.5) is 34.1 Å². The fourth-order valence-electron chi connectivity index (χ4n) is 7.05. The number of hydrogen-bond acceptors (Lipinski definition) is 3. The molecular formula is C54H44N2O. The topological polar surface area (TPSA) is 15.7 Å². The van der Waals surface area contributed by atoms with Crippen molar-refractivity contribution in [2.75, 3.05) is 9.80 Å². The molecule has 3 nitrogen and oxygen atoms in total. The first-order chi connectivity index (χ1) is 28.1. The van der Waals surface area contributed by atoms with E-state index in [1.54, 1.807) is 0 Å². The Bertz CT molecular complexity index is 2330. The normalized spacial score (nSPS) is 10.8. The summed E-state index contributed by atoms with van der Waals surface area (Å²) in [5.74, 6) is 0. The highest BCUT2D eigenvalue weighted by Crippen LogP contribution is 2.38. The molecule has 0 radical (unpaired) electrons. The van der Waals surface area contributed by atoms with Crippen molar-refractivity contribution in [1.82, 2.24) is 0 Å². The van der Waals surface area contributed by atoms with E-state index in [1.807, 2.05) is 24.3 Å². The van der Waals surface area contributed by atoms with Gasteiger partial charge in [0.2, 0.25) is 0 Å². The van der Waals surface area contributed by atoms with Crippen LogP contribution >= 0.6 is 0 Å². The molecule has 0 amide bonds. The highest BCUT2D eigenvalue weighted by molar-refractivity contribution is 5.80. The van der Waals surface area contributed by atoms with Crippen LogP contribution in [0.25, 0.3) is 34.4 Å². The van der Waals surface area contributed by atoms with Crippen molar-refractivity contribution in [1.29, 1.82) is 0 Å². The highest BCUT2D eigenvalue weighted by atomic mass is 16.5. The molecular weight excluding hydrogens is 693 g/mol. The average molecular weight is 737 g/mol. The van der Waals surface area contributed by atoms with Crippen molar-refractivity contribution in [3.63, 3.8) is 0 Å². The van der Waals surface area contributed by atoms with E-state index in [1.165, 1.54) is 22.3 Å². The summed E-state index contributed by atoms with van der Waals surface area (Å²) in [6.45, 7) is 8.89. The number of hydrogen-bond donors (Lipinski definition) is 0. The Morgan fingerprint density at radius 3 is 0.877 bits per heavy atom. The summed E-state index contributed by atoms with van der Waals surface area (Å²) < 4.78 is 6.26. The van der Waals surface area contributed by atoms with Gasteiger partial charge in [-0.15, -0.1) is 0 Å². The van der Waals surface area contributed by atoms with E-state index in [9.17, 15) is 0 Å². The lowest BCUT2D eigenvalue weighted by Crippen LogP contribution is -2.10. The van der Waals surface area contributed by atoms with Gasteiger partial charge in [-0.3, -0.25) is 0 Å². The summed E-state index contributed by atoms with van der Waals surface area (Å²) in [7, 11) is 0. The van der Waals surface area contributed by atoms with E-state index in [2.05, 4.69) is 217 Å². The zero-order chi connectivity index (χ0) is 38.8. The van der Waals surface area contributed by atoms with Crippen LogP contribution in [0.2, 0.25) is 0 Å². The fourth-order valence-corrected chi connectivity index (χ4v) is 7.05. The minimum atomic E-state index is 0.511. The lowest BCUT2D eigenvalue weighted by molar-refractivity contribution is 0.107. The molecule has 57 heavy (non-hydrogen) atoms. The third kappa shape index (κ3) is 8.71. The molecule has 276 valence electrons. The summed E-state index contributed by atoms with van der Waals surface area (Å²) >= 11 is 0. The second-order valence-corrected chi connectivity index (χ2v) is 13.9. The molecule has 0 aromatic heterocycles. The van der Waals surface area contributed by atoms with Crippen molar-refractivity contribution in [3.05, 3.63) is 242 Å². The van der Waals surface area contributed by atoms with Crippen molar-refractivity contribution in [3.8, 4) is 22.3 Å².